The van der Waals surface area contributed by atoms with Crippen LogP contribution in [0.2, 0.25) is 5.02 Å². The zero-order chi connectivity index (χ0) is 15.0. The van der Waals surface area contributed by atoms with Crippen molar-refractivity contribution in [3.05, 3.63) is 34.6 Å². The molecule has 6 heteroatoms. The Morgan fingerprint density at radius 1 is 1.35 bits per heavy atom. The highest BCUT2D eigenvalue weighted by Crippen LogP contribution is 2.43. The number of benzene rings is 1. The van der Waals surface area contributed by atoms with Gasteiger partial charge in [-0.15, -0.1) is 0 Å². The van der Waals surface area contributed by atoms with Crippen LogP contribution >= 0.6 is 11.6 Å². The highest BCUT2D eigenvalue weighted by molar-refractivity contribution is 6.31. The Bertz CT molecular complexity index is 468. The fourth-order valence-electron chi connectivity index (χ4n) is 2.81. The van der Waals surface area contributed by atoms with E-state index in [2.05, 4.69) is 0 Å². The van der Waals surface area contributed by atoms with Gasteiger partial charge >= 0.3 is 6.18 Å². The maximum atomic E-state index is 13.7. The lowest BCUT2D eigenvalue weighted by Crippen LogP contribution is -2.42. The van der Waals surface area contributed by atoms with Gasteiger partial charge in [0.25, 0.3) is 0 Å². The van der Waals surface area contributed by atoms with Gasteiger partial charge in [-0.1, -0.05) is 17.7 Å². The Labute approximate surface area is 119 Å². The predicted molar refractivity (Wildman–Crippen MR) is 68.1 cm³/mol. The third-order valence-electron chi connectivity index (χ3n) is 3.85. The zero-order valence-electron chi connectivity index (χ0n) is 10.7. The topological polar surface area (TPSA) is 20.2 Å². The van der Waals surface area contributed by atoms with E-state index >= 15 is 0 Å². The van der Waals surface area contributed by atoms with E-state index in [0.717, 1.165) is 0 Å². The lowest BCUT2D eigenvalue weighted by Gasteiger charge is -2.38. The van der Waals surface area contributed by atoms with Crippen LogP contribution < -0.4 is 0 Å². The van der Waals surface area contributed by atoms with E-state index in [9.17, 15) is 22.7 Å². The summed E-state index contributed by atoms with van der Waals surface area (Å²) in [7, 11) is 0. The van der Waals surface area contributed by atoms with Gasteiger partial charge in [-0.3, -0.25) is 0 Å². The first-order valence-corrected chi connectivity index (χ1v) is 6.81. The van der Waals surface area contributed by atoms with Crippen molar-refractivity contribution in [2.45, 2.75) is 43.9 Å². The number of halogens is 5. The van der Waals surface area contributed by atoms with Crippen molar-refractivity contribution in [2.75, 3.05) is 0 Å². The van der Waals surface area contributed by atoms with E-state index in [4.69, 9.17) is 11.6 Å². The van der Waals surface area contributed by atoms with Crippen LogP contribution in [0.3, 0.4) is 0 Å². The van der Waals surface area contributed by atoms with E-state index in [0.29, 0.717) is 0 Å². The molecule has 0 spiro atoms. The molecule has 0 aliphatic heterocycles. The Balaban J connectivity index is 2.19. The number of hydrogen-bond acceptors (Lipinski definition) is 1. The Hall–Kier alpha value is -0.810. The van der Waals surface area contributed by atoms with Gasteiger partial charge < -0.3 is 5.11 Å². The first-order chi connectivity index (χ1) is 9.21. The van der Waals surface area contributed by atoms with Crippen LogP contribution in [0, 0.1) is 11.7 Å². The van der Waals surface area contributed by atoms with Gasteiger partial charge in [0.05, 0.1) is 11.5 Å². The average molecular weight is 311 g/mol. The van der Waals surface area contributed by atoms with Crippen LogP contribution in [-0.4, -0.2) is 16.9 Å². The van der Waals surface area contributed by atoms with Crippen LogP contribution in [0.15, 0.2) is 18.2 Å². The predicted octanol–water partition coefficient (Wildman–Crippen LogP) is 4.51. The van der Waals surface area contributed by atoms with E-state index in [1.54, 1.807) is 0 Å². The minimum atomic E-state index is -4.33. The summed E-state index contributed by atoms with van der Waals surface area (Å²) >= 11 is 5.86. The third kappa shape index (κ3) is 3.44. The van der Waals surface area contributed by atoms with Crippen molar-refractivity contribution in [3.8, 4) is 0 Å². The van der Waals surface area contributed by atoms with Gasteiger partial charge in [0.1, 0.15) is 5.82 Å². The molecule has 0 saturated heterocycles. The number of aliphatic hydroxyl groups is 1. The first kappa shape index (κ1) is 15.6. The summed E-state index contributed by atoms with van der Waals surface area (Å²) in [6.07, 6.45) is -4.41. The molecule has 1 nitrogen and oxygen atoms in total. The van der Waals surface area contributed by atoms with Gasteiger partial charge in [0.2, 0.25) is 0 Å². The minimum Gasteiger partial charge on any atom is -0.390 e. The maximum Gasteiger partial charge on any atom is 0.391 e. The summed E-state index contributed by atoms with van der Waals surface area (Å²) in [5.74, 6) is -2.13. The molecule has 2 atom stereocenters. The molecule has 112 valence electrons. The molecule has 1 aliphatic carbocycles. The van der Waals surface area contributed by atoms with Crippen molar-refractivity contribution < 1.29 is 22.7 Å². The molecule has 1 fully saturated rings. The number of hydrogen-bond donors (Lipinski definition) is 1. The van der Waals surface area contributed by atoms with Crippen LogP contribution in [0.5, 0.6) is 0 Å². The first-order valence-electron chi connectivity index (χ1n) is 6.43. The molecule has 1 aromatic carbocycles. The smallest absolute Gasteiger partial charge is 0.390 e. The normalized spacial score (nSPS) is 27.6. The van der Waals surface area contributed by atoms with Crippen LogP contribution in [0.4, 0.5) is 17.6 Å². The molecule has 2 rings (SSSR count). The molecule has 0 heterocycles. The fraction of sp³-hybridized carbons (Fsp3) is 0.571. The Morgan fingerprint density at radius 3 is 2.65 bits per heavy atom. The molecule has 0 aromatic heterocycles. The van der Waals surface area contributed by atoms with Crippen LogP contribution in [-0.2, 0) is 6.42 Å². The van der Waals surface area contributed by atoms with E-state index < -0.39 is 29.9 Å². The van der Waals surface area contributed by atoms with E-state index in [1.807, 2.05) is 0 Å². The molecule has 0 amide bonds. The molecule has 1 saturated carbocycles. The molecular formula is C14H15ClF4O. The van der Waals surface area contributed by atoms with Crippen molar-refractivity contribution in [1.29, 1.82) is 0 Å². The lowest BCUT2D eigenvalue weighted by atomic mass is 9.75. The summed E-state index contributed by atoms with van der Waals surface area (Å²) in [4.78, 5) is 0. The molecule has 2 unspecified atom stereocenters. The van der Waals surface area contributed by atoms with E-state index in [1.165, 1.54) is 18.2 Å². The standard InChI is InChI=1S/C14H15ClF4O/c15-11-4-1-5-12(16)10(11)8-13(20)6-2-3-9(7-13)14(17,18)19/h1,4-5,9,20H,2-3,6-8H2. The summed E-state index contributed by atoms with van der Waals surface area (Å²) in [5, 5.41) is 10.5. The molecule has 1 aromatic rings. The molecule has 1 aliphatic rings. The van der Waals surface area contributed by atoms with Gasteiger partial charge in [-0.05, 0) is 37.8 Å². The van der Waals surface area contributed by atoms with Gasteiger partial charge in [-0.25, -0.2) is 4.39 Å². The summed E-state index contributed by atoms with van der Waals surface area (Å²) in [5.41, 5.74) is -1.47. The molecule has 1 N–H and O–H groups in total. The highest BCUT2D eigenvalue weighted by Gasteiger charge is 2.47. The molecule has 0 radical (unpaired) electrons. The Kier molecular flexibility index (Phi) is 4.30. The second kappa shape index (κ2) is 5.53. The molecule has 0 bridgehead atoms. The van der Waals surface area contributed by atoms with Gasteiger partial charge in [-0.2, -0.15) is 13.2 Å². The summed E-state index contributed by atoms with van der Waals surface area (Å²) in [6.45, 7) is 0. The van der Waals surface area contributed by atoms with Crippen molar-refractivity contribution in [2.24, 2.45) is 5.92 Å². The largest absolute Gasteiger partial charge is 0.391 e. The minimum absolute atomic E-state index is 0.0107. The van der Waals surface area contributed by atoms with Gasteiger partial charge in [0.15, 0.2) is 0 Å². The quantitative estimate of drug-likeness (QED) is 0.797. The SMILES string of the molecule is OC1(Cc2c(F)cccc2Cl)CCCC(C(F)(F)F)C1. The maximum absolute atomic E-state index is 13.7. The average Bonchev–Trinajstić information content (AvgIpc) is 2.33. The second-order valence-corrected chi connectivity index (χ2v) is 5.84. The summed E-state index contributed by atoms with van der Waals surface area (Å²) in [6, 6.07) is 4.08. The lowest BCUT2D eigenvalue weighted by molar-refractivity contribution is -0.200. The monoisotopic (exact) mass is 310 g/mol. The number of alkyl halides is 3. The van der Waals surface area contributed by atoms with E-state index in [-0.39, 0.29) is 36.3 Å². The van der Waals surface area contributed by atoms with Gasteiger partial charge in [0, 0.05) is 17.0 Å². The second-order valence-electron chi connectivity index (χ2n) is 5.44. The third-order valence-corrected chi connectivity index (χ3v) is 4.21. The highest BCUT2D eigenvalue weighted by atomic mass is 35.5. The number of rotatable bonds is 2. The van der Waals surface area contributed by atoms with Crippen molar-refractivity contribution in [3.63, 3.8) is 0 Å². The van der Waals surface area contributed by atoms with Crippen LogP contribution in [0.1, 0.15) is 31.2 Å². The van der Waals surface area contributed by atoms with Crippen molar-refractivity contribution >= 4 is 11.6 Å². The Morgan fingerprint density at radius 2 is 2.05 bits per heavy atom. The van der Waals surface area contributed by atoms with Crippen molar-refractivity contribution in [1.82, 2.24) is 0 Å². The summed E-state index contributed by atoms with van der Waals surface area (Å²) < 4.78 is 52.0. The zero-order valence-corrected chi connectivity index (χ0v) is 11.4. The molecule has 20 heavy (non-hydrogen) atoms. The molecular weight excluding hydrogens is 296 g/mol. The van der Waals surface area contributed by atoms with Crippen LogP contribution in [0.25, 0.3) is 0 Å². The fourth-order valence-corrected chi connectivity index (χ4v) is 3.04.